The molecule has 3 N–H and O–H groups in total. The minimum absolute atomic E-state index is 0.186. The van der Waals surface area contributed by atoms with Gasteiger partial charge in [0.25, 0.3) is 5.91 Å². The number of hydrogen-bond acceptors (Lipinski definition) is 6. The Morgan fingerprint density at radius 3 is 2.88 bits per heavy atom. The van der Waals surface area contributed by atoms with Crippen molar-refractivity contribution < 1.29 is 14.3 Å². The van der Waals surface area contributed by atoms with Crippen LogP contribution in [-0.2, 0) is 20.9 Å². The van der Waals surface area contributed by atoms with Gasteiger partial charge in [-0.1, -0.05) is 0 Å². The molecule has 0 spiro atoms. The first-order valence-electron chi connectivity index (χ1n) is 5.07. The van der Waals surface area contributed by atoms with Crippen molar-refractivity contribution in [2.45, 2.75) is 19.5 Å². The van der Waals surface area contributed by atoms with Crippen LogP contribution in [0.15, 0.2) is 6.33 Å². The summed E-state index contributed by atoms with van der Waals surface area (Å²) < 4.78 is 4.66. The lowest BCUT2D eigenvalue weighted by atomic mass is 10.3. The molecular formula is C9H15N5O3. The lowest BCUT2D eigenvalue weighted by Crippen LogP contribution is -2.47. The van der Waals surface area contributed by atoms with Crippen LogP contribution >= 0.6 is 0 Å². The summed E-state index contributed by atoms with van der Waals surface area (Å²) in [4.78, 5) is 28.1. The summed E-state index contributed by atoms with van der Waals surface area (Å²) in [6.07, 6.45) is 1.33. The molecule has 0 aliphatic rings. The number of likely N-dealkylation sites (N-methyl/N-ethyl adjacent to an activating group) is 1. The van der Waals surface area contributed by atoms with Crippen LogP contribution in [0, 0.1) is 0 Å². The molecule has 0 fully saturated rings. The molecule has 0 aliphatic heterocycles. The van der Waals surface area contributed by atoms with E-state index in [9.17, 15) is 9.59 Å². The molecule has 0 saturated carbocycles. The number of ether oxygens (including phenoxy) is 1. The maximum Gasteiger partial charge on any atom is 0.332 e. The predicted octanol–water partition coefficient (Wildman–Crippen LogP) is -1.35. The second-order valence-electron chi connectivity index (χ2n) is 3.36. The van der Waals surface area contributed by atoms with E-state index in [1.807, 2.05) is 0 Å². The number of rotatable bonds is 5. The van der Waals surface area contributed by atoms with Crippen molar-refractivity contribution >= 4 is 11.9 Å². The summed E-state index contributed by atoms with van der Waals surface area (Å²) in [6.45, 7) is 2.03. The largest absolute Gasteiger partial charge is 0.464 e. The molecule has 17 heavy (non-hydrogen) atoms. The summed E-state index contributed by atoms with van der Waals surface area (Å²) in [6, 6.07) is -1.30. The highest BCUT2D eigenvalue weighted by molar-refractivity contribution is 6.01. The van der Waals surface area contributed by atoms with E-state index in [0.29, 0.717) is 5.82 Å². The second-order valence-corrected chi connectivity index (χ2v) is 3.36. The van der Waals surface area contributed by atoms with Gasteiger partial charge in [-0.3, -0.25) is 9.89 Å². The van der Waals surface area contributed by atoms with Gasteiger partial charge in [0, 0.05) is 7.05 Å². The summed E-state index contributed by atoms with van der Waals surface area (Å²) in [7, 11) is 1.52. The number of aromatic amines is 1. The van der Waals surface area contributed by atoms with Gasteiger partial charge in [0.05, 0.1) is 13.2 Å². The Bertz CT molecular complexity index is 378. The van der Waals surface area contributed by atoms with Crippen molar-refractivity contribution in [1.82, 2.24) is 20.1 Å². The smallest absolute Gasteiger partial charge is 0.332 e. The topological polar surface area (TPSA) is 114 Å². The molecule has 1 rings (SSSR count). The Balaban J connectivity index is 2.54. The van der Waals surface area contributed by atoms with Gasteiger partial charge in [-0.2, -0.15) is 5.10 Å². The Morgan fingerprint density at radius 2 is 2.35 bits per heavy atom. The highest BCUT2D eigenvalue weighted by Crippen LogP contribution is 1.98. The highest BCUT2D eigenvalue weighted by Gasteiger charge is 2.26. The lowest BCUT2D eigenvalue weighted by molar-refractivity contribution is -0.150. The van der Waals surface area contributed by atoms with E-state index in [1.54, 1.807) is 6.92 Å². The fourth-order valence-electron chi connectivity index (χ4n) is 1.18. The van der Waals surface area contributed by atoms with Gasteiger partial charge in [0.1, 0.15) is 12.2 Å². The van der Waals surface area contributed by atoms with Crippen LogP contribution in [0.4, 0.5) is 0 Å². The second kappa shape index (κ2) is 5.94. The van der Waals surface area contributed by atoms with Crippen LogP contribution in [0.2, 0.25) is 0 Å². The maximum absolute atomic E-state index is 11.7. The van der Waals surface area contributed by atoms with Gasteiger partial charge in [0.2, 0.25) is 0 Å². The van der Waals surface area contributed by atoms with E-state index >= 15 is 0 Å². The number of nitrogens with one attached hydrogen (secondary N) is 1. The monoisotopic (exact) mass is 241 g/mol. The predicted molar refractivity (Wildman–Crippen MR) is 57.5 cm³/mol. The number of amides is 1. The molecule has 1 unspecified atom stereocenters. The molecule has 1 aromatic heterocycles. The molecule has 0 aromatic carbocycles. The summed E-state index contributed by atoms with van der Waals surface area (Å²) in [5.74, 6) is -0.751. The van der Waals surface area contributed by atoms with Crippen LogP contribution in [-0.4, -0.2) is 51.7 Å². The van der Waals surface area contributed by atoms with Crippen molar-refractivity contribution in [1.29, 1.82) is 0 Å². The van der Waals surface area contributed by atoms with E-state index in [4.69, 9.17) is 5.73 Å². The quantitative estimate of drug-likeness (QED) is 0.486. The number of hydrogen-bond donors (Lipinski definition) is 2. The third-order valence-corrected chi connectivity index (χ3v) is 2.03. The summed E-state index contributed by atoms with van der Waals surface area (Å²) >= 11 is 0. The number of H-pyrrole nitrogens is 1. The zero-order valence-corrected chi connectivity index (χ0v) is 9.71. The van der Waals surface area contributed by atoms with Crippen molar-refractivity contribution in [2.75, 3.05) is 13.7 Å². The van der Waals surface area contributed by atoms with Crippen LogP contribution < -0.4 is 5.73 Å². The lowest BCUT2D eigenvalue weighted by Gasteiger charge is -2.18. The van der Waals surface area contributed by atoms with Gasteiger partial charge in [-0.25, -0.2) is 9.78 Å². The van der Waals surface area contributed by atoms with E-state index in [0.717, 1.165) is 0 Å². The van der Waals surface area contributed by atoms with Crippen molar-refractivity contribution in [2.24, 2.45) is 5.73 Å². The number of esters is 1. The first-order valence-corrected chi connectivity index (χ1v) is 5.07. The minimum atomic E-state index is -1.30. The molecule has 8 heteroatoms. The fraction of sp³-hybridized carbons (Fsp3) is 0.556. The average molecular weight is 241 g/mol. The molecule has 94 valence electrons. The molecular weight excluding hydrogens is 226 g/mol. The summed E-state index contributed by atoms with van der Waals surface area (Å²) in [5.41, 5.74) is 5.46. The van der Waals surface area contributed by atoms with Crippen molar-refractivity contribution in [3.05, 3.63) is 12.2 Å². The van der Waals surface area contributed by atoms with Gasteiger partial charge in [-0.15, -0.1) is 0 Å². The SMILES string of the molecule is CCOC(=O)C(N)C(=O)N(C)Cc1ncn[nH]1. The zero-order valence-electron chi connectivity index (χ0n) is 9.71. The standard InChI is InChI=1S/C9H15N5O3/c1-3-17-9(16)7(10)8(15)14(2)4-6-11-5-12-13-6/h5,7H,3-4,10H2,1-2H3,(H,11,12,13). The van der Waals surface area contributed by atoms with Gasteiger partial charge in [-0.05, 0) is 6.92 Å². The zero-order chi connectivity index (χ0) is 12.8. The van der Waals surface area contributed by atoms with Crippen LogP contribution in [0.5, 0.6) is 0 Å². The molecule has 0 saturated heterocycles. The van der Waals surface area contributed by atoms with Crippen molar-refractivity contribution in [3.63, 3.8) is 0 Å². The molecule has 0 aliphatic carbocycles. The van der Waals surface area contributed by atoms with E-state index in [1.165, 1.54) is 18.3 Å². The highest BCUT2D eigenvalue weighted by atomic mass is 16.5. The van der Waals surface area contributed by atoms with Crippen LogP contribution in [0.1, 0.15) is 12.7 Å². The normalized spacial score (nSPS) is 11.9. The Kier molecular flexibility index (Phi) is 4.58. The number of carbonyl (C=O) groups excluding carboxylic acids is 2. The Morgan fingerprint density at radius 1 is 1.65 bits per heavy atom. The third kappa shape index (κ3) is 3.52. The van der Waals surface area contributed by atoms with Crippen molar-refractivity contribution in [3.8, 4) is 0 Å². The number of nitrogens with zero attached hydrogens (tertiary/aromatic N) is 3. The Hall–Kier alpha value is -1.96. The average Bonchev–Trinajstić information content (AvgIpc) is 2.80. The number of carbonyl (C=O) groups is 2. The van der Waals surface area contributed by atoms with E-state index < -0.39 is 17.9 Å². The molecule has 8 nitrogen and oxygen atoms in total. The van der Waals surface area contributed by atoms with Gasteiger partial charge >= 0.3 is 5.97 Å². The van der Waals surface area contributed by atoms with E-state index in [2.05, 4.69) is 19.9 Å². The molecule has 1 atom stereocenters. The molecule has 1 amide bonds. The summed E-state index contributed by atoms with van der Waals surface area (Å²) in [5, 5.41) is 6.25. The minimum Gasteiger partial charge on any atom is -0.464 e. The fourth-order valence-corrected chi connectivity index (χ4v) is 1.18. The molecule has 0 bridgehead atoms. The Labute approximate surface area is 98.1 Å². The third-order valence-electron chi connectivity index (χ3n) is 2.03. The van der Waals surface area contributed by atoms with Crippen LogP contribution in [0.3, 0.4) is 0 Å². The van der Waals surface area contributed by atoms with Gasteiger partial charge in [0.15, 0.2) is 6.04 Å². The maximum atomic E-state index is 11.7. The number of aromatic nitrogens is 3. The molecule has 1 aromatic rings. The van der Waals surface area contributed by atoms with Gasteiger partial charge < -0.3 is 15.4 Å². The first kappa shape index (κ1) is 13.1. The molecule has 1 heterocycles. The molecule has 0 radical (unpaired) electrons. The van der Waals surface area contributed by atoms with Crippen LogP contribution in [0.25, 0.3) is 0 Å². The number of nitrogens with two attached hydrogens (primary N) is 1. The van der Waals surface area contributed by atoms with E-state index in [-0.39, 0.29) is 13.2 Å². The first-order chi connectivity index (χ1) is 8.06.